The van der Waals surface area contributed by atoms with Gasteiger partial charge in [-0.25, -0.2) is 0 Å². The van der Waals surface area contributed by atoms with Gasteiger partial charge in [0.05, 0.1) is 12.5 Å². The van der Waals surface area contributed by atoms with Gasteiger partial charge in [0.1, 0.15) is 5.88 Å². The number of amides is 3. The molecule has 17 heavy (non-hydrogen) atoms. The predicted octanol–water partition coefficient (Wildman–Crippen LogP) is -0.370. The molecule has 0 unspecified atom stereocenters. The lowest BCUT2D eigenvalue weighted by atomic mass is 9.96. The van der Waals surface area contributed by atoms with Crippen molar-refractivity contribution in [2.75, 3.05) is 12.4 Å². The lowest BCUT2D eigenvalue weighted by Gasteiger charge is -2.22. The van der Waals surface area contributed by atoms with E-state index in [4.69, 9.17) is 11.6 Å². The average Bonchev–Trinajstić information content (AvgIpc) is 2.50. The maximum absolute atomic E-state index is 11.6. The van der Waals surface area contributed by atoms with E-state index in [0.717, 1.165) is 5.01 Å². The second-order valence-electron chi connectivity index (χ2n) is 4.66. The Kier molecular flexibility index (Phi) is 4.34. The summed E-state index contributed by atoms with van der Waals surface area (Å²) in [4.78, 5) is 33.4. The summed E-state index contributed by atoms with van der Waals surface area (Å²) >= 11 is 5.41. The Bertz CT molecular complexity index is 333. The lowest BCUT2D eigenvalue weighted by molar-refractivity contribution is -0.137. The number of rotatable bonds is 5. The van der Waals surface area contributed by atoms with Crippen molar-refractivity contribution in [3.8, 4) is 0 Å². The third kappa shape index (κ3) is 3.59. The first kappa shape index (κ1) is 13.8. The summed E-state index contributed by atoms with van der Waals surface area (Å²) in [5.74, 6) is -1.12. The van der Waals surface area contributed by atoms with Gasteiger partial charge in [0.25, 0.3) is 5.91 Å². The molecule has 7 heteroatoms. The van der Waals surface area contributed by atoms with Gasteiger partial charge in [-0.1, -0.05) is 0 Å². The molecule has 0 aromatic heterocycles. The summed E-state index contributed by atoms with van der Waals surface area (Å²) in [5, 5.41) is 3.90. The van der Waals surface area contributed by atoms with E-state index >= 15 is 0 Å². The maximum atomic E-state index is 11.6. The van der Waals surface area contributed by atoms with Crippen LogP contribution >= 0.6 is 11.6 Å². The van der Waals surface area contributed by atoms with Gasteiger partial charge >= 0.3 is 0 Å². The summed E-state index contributed by atoms with van der Waals surface area (Å²) in [6, 6.07) is 0. The van der Waals surface area contributed by atoms with Crippen molar-refractivity contribution < 1.29 is 14.4 Å². The van der Waals surface area contributed by atoms with Gasteiger partial charge in [0, 0.05) is 5.54 Å². The summed E-state index contributed by atoms with van der Waals surface area (Å²) in [6.45, 7) is 3.96. The van der Waals surface area contributed by atoms with Crippen molar-refractivity contribution in [3.63, 3.8) is 0 Å². The highest BCUT2D eigenvalue weighted by Gasteiger charge is 2.38. The molecule has 0 aliphatic carbocycles. The third-order valence-corrected chi connectivity index (χ3v) is 2.84. The number of hydrogen-bond acceptors (Lipinski definition) is 3. The number of nitrogens with zero attached hydrogens (tertiary/aromatic N) is 1. The van der Waals surface area contributed by atoms with E-state index in [1.807, 2.05) is 13.8 Å². The van der Waals surface area contributed by atoms with Crippen LogP contribution in [0.25, 0.3) is 0 Å². The lowest BCUT2D eigenvalue weighted by Crippen LogP contribution is -2.46. The Balaban J connectivity index is 2.65. The summed E-state index contributed by atoms with van der Waals surface area (Å²) < 4.78 is 0. The summed E-state index contributed by atoms with van der Waals surface area (Å²) in [6.07, 6.45) is 1.00. The molecule has 1 heterocycles. The van der Waals surface area contributed by atoms with Crippen molar-refractivity contribution in [3.05, 3.63) is 0 Å². The standard InChI is InChI=1S/C10H16ClN3O3/c1-10(2)3-7(9(17)13-10)5-14(12-6-15)8(16)4-11/h6-7H,3-5H2,1-2H3,(H,12,15)(H,13,17)/t7-/m0/s1. The normalized spacial score (nSPS) is 21.8. The highest BCUT2D eigenvalue weighted by Crippen LogP contribution is 2.24. The predicted molar refractivity (Wildman–Crippen MR) is 62.0 cm³/mol. The molecule has 1 saturated heterocycles. The van der Waals surface area contributed by atoms with Crippen molar-refractivity contribution in [1.82, 2.24) is 15.8 Å². The van der Waals surface area contributed by atoms with Crippen LogP contribution in [0.5, 0.6) is 0 Å². The van der Waals surface area contributed by atoms with E-state index < -0.39 is 5.91 Å². The minimum atomic E-state index is -0.434. The van der Waals surface area contributed by atoms with Crippen LogP contribution in [-0.2, 0) is 14.4 Å². The van der Waals surface area contributed by atoms with Crippen LogP contribution in [0.3, 0.4) is 0 Å². The van der Waals surface area contributed by atoms with Crippen LogP contribution in [0.1, 0.15) is 20.3 Å². The molecule has 1 aliphatic heterocycles. The number of hydrogen-bond donors (Lipinski definition) is 2. The highest BCUT2D eigenvalue weighted by molar-refractivity contribution is 6.27. The van der Waals surface area contributed by atoms with Crippen LogP contribution in [-0.4, -0.2) is 41.2 Å². The third-order valence-electron chi connectivity index (χ3n) is 2.62. The SMILES string of the molecule is CC1(C)C[C@@H](CN(NC=O)C(=O)CCl)C(=O)N1. The molecule has 0 spiro atoms. The van der Waals surface area contributed by atoms with Gasteiger partial charge in [-0.05, 0) is 20.3 Å². The molecule has 3 amide bonds. The zero-order valence-electron chi connectivity index (χ0n) is 9.83. The van der Waals surface area contributed by atoms with E-state index in [9.17, 15) is 14.4 Å². The number of hydrazine groups is 1. The Labute approximate surface area is 105 Å². The van der Waals surface area contributed by atoms with E-state index in [1.165, 1.54) is 0 Å². The highest BCUT2D eigenvalue weighted by atomic mass is 35.5. The molecule has 1 fully saturated rings. The molecule has 1 rings (SSSR count). The first-order chi connectivity index (χ1) is 7.89. The molecule has 1 aliphatic rings. The zero-order chi connectivity index (χ0) is 13.1. The fourth-order valence-electron chi connectivity index (χ4n) is 1.93. The topological polar surface area (TPSA) is 78.5 Å². The molecule has 6 nitrogen and oxygen atoms in total. The molecule has 2 N–H and O–H groups in total. The monoisotopic (exact) mass is 261 g/mol. The molecular formula is C10H16ClN3O3. The van der Waals surface area contributed by atoms with Crippen molar-refractivity contribution in [2.24, 2.45) is 5.92 Å². The number of nitrogens with one attached hydrogen (secondary N) is 2. The number of halogens is 1. The largest absolute Gasteiger partial charge is 0.351 e. The molecule has 0 radical (unpaired) electrons. The molecule has 96 valence electrons. The first-order valence-corrected chi connectivity index (χ1v) is 5.81. The minimum Gasteiger partial charge on any atom is -0.351 e. The summed E-state index contributed by atoms with van der Waals surface area (Å²) in [7, 11) is 0. The van der Waals surface area contributed by atoms with Gasteiger partial charge in [-0.2, -0.15) is 0 Å². The molecule has 0 saturated carbocycles. The Morgan fingerprint density at radius 1 is 1.71 bits per heavy atom. The number of alkyl halides is 1. The van der Waals surface area contributed by atoms with Crippen LogP contribution in [0.15, 0.2) is 0 Å². The maximum Gasteiger partial charge on any atom is 0.255 e. The second-order valence-corrected chi connectivity index (χ2v) is 4.93. The van der Waals surface area contributed by atoms with Crippen LogP contribution < -0.4 is 10.7 Å². The average molecular weight is 262 g/mol. The molecule has 0 aromatic carbocycles. The summed E-state index contributed by atoms with van der Waals surface area (Å²) in [5.41, 5.74) is 1.97. The minimum absolute atomic E-state index is 0.116. The van der Waals surface area contributed by atoms with Gasteiger partial charge in [0.15, 0.2) is 0 Å². The van der Waals surface area contributed by atoms with E-state index in [1.54, 1.807) is 0 Å². The molecule has 0 bridgehead atoms. The van der Waals surface area contributed by atoms with Crippen LogP contribution in [0.2, 0.25) is 0 Å². The zero-order valence-corrected chi connectivity index (χ0v) is 10.6. The molecule has 1 atom stereocenters. The van der Waals surface area contributed by atoms with Crippen molar-refractivity contribution in [1.29, 1.82) is 0 Å². The number of carbonyl (C=O) groups excluding carboxylic acids is 3. The number of carbonyl (C=O) groups is 3. The van der Waals surface area contributed by atoms with Crippen LogP contribution in [0, 0.1) is 5.92 Å². The van der Waals surface area contributed by atoms with Gasteiger partial charge < -0.3 is 5.32 Å². The molecule has 0 aromatic rings. The second kappa shape index (κ2) is 5.35. The molecular weight excluding hydrogens is 246 g/mol. The van der Waals surface area contributed by atoms with Crippen molar-refractivity contribution >= 4 is 29.8 Å². The van der Waals surface area contributed by atoms with Crippen molar-refractivity contribution in [2.45, 2.75) is 25.8 Å². The smallest absolute Gasteiger partial charge is 0.255 e. The quantitative estimate of drug-likeness (QED) is 0.403. The van der Waals surface area contributed by atoms with Gasteiger partial charge in [0.2, 0.25) is 12.3 Å². The Morgan fingerprint density at radius 3 is 2.76 bits per heavy atom. The fraction of sp³-hybridized carbons (Fsp3) is 0.700. The van der Waals surface area contributed by atoms with E-state index in [0.29, 0.717) is 12.8 Å². The Hall–Kier alpha value is -1.30. The fourth-order valence-corrected chi connectivity index (χ4v) is 2.07. The van der Waals surface area contributed by atoms with Gasteiger partial charge in [-0.15, -0.1) is 11.6 Å². The van der Waals surface area contributed by atoms with Gasteiger partial charge in [-0.3, -0.25) is 24.8 Å². The van der Waals surface area contributed by atoms with E-state index in [2.05, 4.69) is 10.7 Å². The van der Waals surface area contributed by atoms with E-state index in [-0.39, 0.29) is 29.8 Å². The first-order valence-electron chi connectivity index (χ1n) is 5.28. The van der Waals surface area contributed by atoms with Crippen LogP contribution in [0.4, 0.5) is 0 Å². The Morgan fingerprint density at radius 2 is 2.35 bits per heavy atom.